The highest BCUT2D eigenvalue weighted by Gasteiger charge is 2.40. The minimum Gasteiger partial charge on any atom is -0.338 e. The maximum absolute atomic E-state index is 13.5. The SMILES string of the molecule is C[C@@H]1Cc2cc(S(=O)(=O)N3CCC(C(=O)N4CCc5ccccc5C4)CC3)ccc2N1C(=O)C1CC1. The lowest BCUT2D eigenvalue weighted by atomic mass is 9.94. The summed E-state index contributed by atoms with van der Waals surface area (Å²) >= 11 is 0. The van der Waals surface area contributed by atoms with Crippen molar-refractivity contribution in [3.8, 4) is 0 Å². The monoisotopic (exact) mass is 507 g/mol. The number of nitrogens with zero attached hydrogens (tertiary/aromatic N) is 3. The first kappa shape index (κ1) is 23.7. The van der Waals surface area contributed by atoms with Crippen molar-refractivity contribution < 1.29 is 18.0 Å². The van der Waals surface area contributed by atoms with Crippen LogP contribution in [0.3, 0.4) is 0 Å². The molecule has 1 atom stereocenters. The molecule has 2 fully saturated rings. The van der Waals surface area contributed by atoms with Crippen molar-refractivity contribution in [3.05, 3.63) is 59.2 Å². The van der Waals surface area contributed by atoms with E-state index in [-0.39, 0.29) is 34.6 Å². The fourth-order valence-corrected chi connectivity index (χ4v) is 7.59. The molecule has 2 aromatic carbocycles. The van der Waals surface area contributed by atoms with E-state index in [0.29, 0.717) is 38.9 Å². The second-order valence-electron chi connectivity index (χ2n) is 10.8. The Labute approximate surface area is 213 Å². The van der Waals surface area contributed by atoms with E-state index in [1.165, 1.54) is 15.4 Å². The summed E-state index contributed by atoms with van der Waals surface area (Å²) in [6.45, 7) is 4.09. The van der Waals surface area contributed by atoms with E-state index in [2.05, 4.69) is 12.1 Å². The molecule has 2 aromatic rings. The third kappa shape index (κ3) is 4.14. The van der Waals surface area contributed by atoms with Crippen LogP contribution in [0.4, 0.5) is 5.69 Å². The van der Waals surface area contributed by atoms with Crippen molar-refractivity contribution in [2.45, 2.75) is 62.9 Å². The Morgan fingerprint density at radius 1 is 0.833 bits per heavy atom. The fourth-order valence-electron chi connectivity index (χ4n) is 6.06. The normalized spacial score (nSPS) is 22.9. The van der Waals surface area contributed by atoms with Gasteiger partial charge in [-0.15, -0.1) is 0 Å². The lowest BCUT2D eigenvalue weighted by Crippen LogP contribution is -2.45. The summed E-state index contributed by atoms with van der Waals surface area (Å²) in [7, 11) is -3.65. The highest BCUT2D eigenvalue weighted by atomic mass is 32.2. The maximum atomic E-state index is 13.5. The Morgan fingerprint density at radius 3 is 2.25 bits per heavy atom. The Kier molecular flexibility index (Phi) is 5.91. The number of hydrogen-bond acceptors (Lipinski definition) is 4. The second-order valence-corrected chi connectivity index (χ2v) is 12.7. The van der Waals surface area contributed by atoms with E-state index in [0.717, 1.165) is 37.1 Å². The van der Waals surface area contributed by atoms with Crippen LogP contribution < -0.4 is 4.90 Å². The van der Waals surface area contributed by atoms with Gasteiger partial charge in [0.2, 0.25) is 21.8 Å². The van der Waals surface area contributed by atoms with Gasteiger partial charge in [-0.3, -0.25) is 9.59 Å². The van der Waals surface area contributed by atoms with Crippen LogP contribution in [0.5, 0.6) is 0 Å². The molecule has 2 amide bonds. The third-order valence-electron chi connectivity index (χ3n) is 8.31. The van der Waals surface area contributed by atoms with Gasteiger partial charge in [-0.05, 0) is 80.3 Å². The number of carbonyl (C=O) groups is 2. The van der Waals surface area contributed by atoms with Crippen LogP contribution in [0.1, 0.15) is 49.3 Å². The van der Waals surface area contributed by atoms with Crippen LogP contribution in [0.25, 0.3) is 0 Å². The minimum atomic E-state index is -3.65. The predicted octanol–water partition coefficient (Wildman–Crippen LogP) is 3.36. The van der Waals surface area contributed by atoms with Gasteiger partial charge in [0, 0.05) is 49.7 Å². The summed E-state index contributed by atoms with van der Waals surface area (Å²) in [6.07, 6.45) is 4.53. The fraction of sp³-hybridized carbons (Fsp3) is 0.500. The van der Waals surface area contributed by atoms with Crippen LogP contribution in [0.2, 0.25) is 0 Å². The topological polar surface area (TPSA) is 78.0 Å². The molecule has 3 aliphatic heterocycles. The van der Waals surface area contributed by atoms with E-state index in [1.54, 1.807) is 18.2 Å². The van der Waals surface area contributed by atoms with Gasteiger partial charge in [0.1, 0.15) is 0 Å². The van der Waals surface area contributed by atoms with E-state index >= 15 is 0 Å². The molecule has 0 N–H and O–H groups in total. The van der Waals surface area contributed by atoms with Gasteiger partial charge in [-0.1, -0.05) is 24.3 Å². The zero-order valence-electron chi connectivity index (χ0n) is 20.7. The maximum Gasteiger partial charge on any atom is 0.243 e. The van der Waals surface area contributed by atoms with Crippen LogP contribution in [0.15, 0.2) is 47.4 Å². The van der Waals surface area contributed by atoms with Crippen molar-refractivity contribution in [2.24, 2.45) is 11.8 Å². The Bertz CT molecular complexity index is 1310. The molecule has 0 aromatic heterocycles. The average molecular weight is 508 g/mol. The predicted molar refractivity (Wildman–Crippen MR) is 137 cm³/mol. The number of amides is 2. The first-order valence-corrected chi connectivity index (χ1v) is 14.6. The van der Waals surface area contributed by atoms with E-state index in [1.807, 2.05) is 28.9 Å². The van der Waals surface area contributed by atoms with Gasteiger partial charge in [0.15, 0.2) is 0 Å². The summed E-state index contributed by atoms with van der Waals surface area (Å²) in [4.78, 5) is 30.0. The summed E-state index contributed by atoms with van der Waals surface area (Å²) in [5.41, 5.74) is 4.30. The number of sulfonamides is 1. The van der Waals surface area contributed by atoms with Crippen LogP contribution >= 0.6 is 0 Å². The largest absolute Gasteiger partial charge is 0.338 e. The molecule has 1 saturated carbocycles. The summed E-state index contributed by atoms with van der Waals surface area (Å²) in [5.74, 6) is 0.310. The molecule has 0 spiro atoms. The van der Waals surface area contributed by atoms with E-state index in [4.69, 9.17) is 0 Å². The second kappa shape index (κ2) is 8.99. The van der Waals surface area contributed by atoms with E-state index in [9.17, 15) is 18.0 Å². The van der Waals surface area contributed by atoms with E-state index < -0.39 is 10.0 Å². The smallest absolute Gasteiger partial charge is 0.243 e. The number of carbonyl (C=O) groups excluding carboxylic acids is 2. The molecular weight excluding hydrogens is 474 g/mol. The standard InChI is InChI=1S/C28H33N3O4S/c1-19-16-24-17-25(8-9-26(24)31(19)28(33)21-6-7-21)36(34,35)30-14-11-22(12-15-30)27(32)29-13-10-20-4-2-3-5-23(20)18-29/h2-5,8-9,17,19,21-22H,6-7,10-16,18H2,1H3/t19-/m1/s1. The summed E-state index contributed by atoms with van der Waals surface area (Å²) in [5, 5.41) is 0. The molecule has 1 aliphatic carbocycles. The number of benzene rings is 2. The molecular formula is C28H33N3O4S. The van der Waals surface area contributed by atoms with Gasteiger partial charge in [0.25, 0.3) is 0 Å². The van der Waals surface area contributed by atoms with Crippen LogP contribution in [0, 0.1) is 11.8 Å². The molecule has 6 rings (SSSR count). The lowest BCUT2D eigenvalue weighted by molar-refractivity contribution is -0.137. The molecule has 1 saturated heterocycles. The zero-order valence-corrected chi connectivity index (χ0v) is 21.5. The Balaban J connectivity index is 1.12. The molecule has 4 aliphatic rings. The van der Waals surface area contributed by atoms with Gasteiger partial charge in [-0.2, -0.15) is 4.31 Å². The van der Waals surface area contributed by atoms with Gasteiger partial charge in [-0.25, -0.2) is 8.42 Å². The number of piperidine rings is 1. The zero-order chi connectivity index (χ0) is 25.0. The molecule has 3 heterocycles. The molecule has 36 heavy (non-hydrogen) atoms. The van der Waals surface area contributed by atoms with Crippen molar-refractivity contribution >= 4 is 27.5 Å². The first-order chi connectivity index (χ1) is 17.3. The number of hydrogen-bond donors (Lipinski definition) is 0. The average Bonchev–Trinajstić information content (AvgIpc) is 3.69. The first-order valence-electron chi connectivity index (χ1n) is 13.1. The summed E-state index contributed by atoms with van der Waals surface area (Å²) < 4.78 is 28.5. The van der Waals surface area contributed by atoms with Crippen LogP contribution in [-0.4, -0.2) is 55.1 Å². The highest BCUT2D eigenvalue weighted by molar-refractivity contribution is 7.89. The van der Waals surface area contributed by atoms with Crippen molar-refractivity contribution in [2.75, 3.05) is 24.5 Å². The molecule has 190 valence electrons. The van der Waals surface area contributed by atoms with Gasteiger partial charge in [0.05, 0.1) is 4.90 Å². The highest BCUT2D eigenvalue weighted by Crippen LogP contribution is 2.40. The molecule has 8 heteroatoms. The molecule has 0 bridgehead atoms. The number of fused-ring (bicyclic) bond motifs is 2. The third-order valence-corrected chi connectivity index (χ3v) is 10.2. The Morgan fingerprint density at radius 2 is 1.53 bits per heavy atom. The molecule has 7 nitrogen and oxygen atoms in total. The van der Waals surface area contributed by atoms with Crippen molar-refractivity contribution in [1.29, 1.82) is 0 Å². The number of anilines is 1. The lowest BCUT2D eigenvalue weighted by Gasteiger charge is -2.35. The minimum absolute atomic E-state index is 0.0505. The summed E-state index contributed by atoms with van der Waals surface area (Å²) in [6, 6.07) is 13.5. The van der Waals surface area contributed by atoms with Gasteiger partial charge < -0.3 is 9.80 Å². The Hall–Kier alpha value is -2.71. The quantitative estimate of drug-likeness (QED) is 0.636. The molecule has 0 unspecified atom stereocenters. The van der Waals surface area contributed by atoms with Gasteiger partial charge >= 0.3 is 0 Å². The van der Waals surface area contributed by atoms with Crippen LogP contribution in [-0.2, 0) is 39.0 Å². The molecule has 0 radical (unpaired) electrons. The van der Waals surface area contributed by atoms with Crippen molar-refractivity contribution in [3.63, 3.8) is 0 Å². The number of rotatable bonds is 4. The van der Waals surface area contributed by atoms with Crippen molar-refractivity contribution in [1.82, 2.24) is 9.21 Å².